The number of fused-ring (bicyclic) bond motifs is 1. The number of hydrogen-bond acceptors (Lipinski definition) is 3. The van der Waals surface area contributed by atoms with E-state index in [0.29, 0.717) is 5.25 Å². The summed E-state index contributed by atoms with van der Waals surface area (Å²) in [6.45, 7) is 1.66. The number of aromatic amines is 1. The van der Waals surface area contributed by atoms with Gasteiger partial charge in [-0.1, -0.05) is 6.07 Å². The topological polar surface area (TPSA) is 36.1 Å². The van der Waals surface area contributed by atoms with Crippen LogP contribution in [0.15, 0.2) is 48.0 Å². The molecule has 0 unspecified atom stereocenters. The summed E-state index contributed by atoms with van der Waals surface area (Å²) >= 11 is 3.79. The fraction of sp³-hybridized carbons (Fsp3) is 0.278. The number of hydrogen-bond donors (Lipinski definition) is 1. The number of amides is 1. The highest BCUT2D eigenvalue weighted by Gasteiger charge is 2.23. The number of thiophene rings is 1. The molecule has 1 aliphatic rings. The van der Waals surface area contributed by atoms with Crippen molar-refractivity contribution in [2.75, 3.05) is 18.8 Å². The number of carbonyl (C=O) groups is 1. The second-order valence-electron chi connectivity index (χ2n) is 5.74. The molecule has 3 heterocycles. The molecule has 0 aliphatic carbocycles. The number of aromatic nitrogens is 1. The summed E-state index contributed by atoms with van der Waals surface area (Å²) in [7, 11) is 0. The number of rotatable bonds is 2. The summed E-state index contributed by atoms with van der Waals surface area (Å²) in [6, 6.07) is 12.2. The van der Waals surface area contributed by atoms with Gasteiger partial charge < -0.3 is 9.88 Å². The van der Waals surface area contributed by atoms with Crippen LogP contribution in [0.5, 0.6) is 0 Å². The predicted molar refractivity (Wildman–Crippen MR) is 98.3 cm³/mol. The summed E-state index contributed by atoms with van der Waals surface area (Å²) in [6.07, 6.45) is 2.94. The van der Waals surface area contributed by atoms with Crippen LogP contribution >= 0.6 is 23.1 Å². The lowest BCUT2D eigenvalue weighted by atomic mass is 10.1. The van der Waals surface area contributed by atoms with Crippen molar-refractivity contribution in [2.24, 2.45) is 0 Å². The maximum Gasteiger partial charge on any atom is 0.253 e. The van der Waals surface area contributed by atoms with Crippen LogP contribution in [0.1, 0.15) is 26.9 Å². The molecule has 2 aromatic heterocycles. The average Bonchev–Trinajstić information content (AvgIpc) is 3.21. The Morgan fingerprint density at radius 2 is 2.17 bits per heavy atom. The predicted octanol–water partition coefficient (Wildman–Crippen LogP) is 4.55. The Bertz CT molecular complexity index is 809. The maximum atomic E-state index is 12.8. The average molecular weight is 342 g/mol. The van der Waals surface area contributed by atoms with Gasteiger partial charge in [0.1, 0.15) is 0 Å². The highest BCUT2D eigenvalue weighted by Crippen LogP contribution is 2.36. The second kappa shape index (κ2) is 6.42. The third kappa shape index (κ3) is 3.03. The van der Waals surface area contributed by atoms with Crippen LogP contribution in [-0.2, 0) is 0 Å². The van der Waals surface area contributed by atoms with Crippen LogP contribution in [0, 0.1) is 0 Å². The first-order chi connectivity index (χ1) is 11.3. The lowest BCUT2D eigenvalue weighted by Gasteiger charge is -2.20. The van der Waals surface area contributed by atoms with Crippen LogP contribution in [0.2, 0.25) is 0 Å². The number of thioether (sulfide) groups is 1. The largest absolute Gasteiger partial charge is 0.361 e. The molecule has 0 spiro atoms. The van der Waals surface area contributed by atoms with Crippen molar-refractivity contribution in [1.29, 1.82) is 0 Å². The number of benzene rings is 1. The minimum atomic E-state index is 0.153. The molecule has 1 fully saturated rings. The normalized spacial score (nSPS) is 19.0. The minimum absolute atomic E-state index is 0.153. The molecule has 1 atom stereocenters. The van der Waals surface area contributed by atoms with Crippen molar-refractivity contribution < 1.29 is 4.79 Å². The Labute approximate surface area is 143 Å². The quantitative estimate of drug-likeness (QED) is 0.742. The van der Waals surface area contributed by atoms with Gasteiger partial charge in [-0.25, -0.2) is 0 Å². The van der Waals surface area contributed by atoms with E-state index < -0.39 is 0 Å². The number of nitrogens with zero attached hydrogens (tertiary/aromatic N) is 1. The molecule has 3 nitrogen and oxygen atoms in total. The summed E-state index contributed by atoms with van der Waals surface area (Å²) in [5, 5.41) is 3.76. The molecule has 1 N–H and O–H groups in total. The number of H-pyrrole nitrogens is 1. The van der Waals surface area contributed by atoms with Gasteiger partial charge >= 0.3 is 0 Å². The first-order valence-electron chi connectivity index (χ1n) is 7.83. The van der Waals surface area contributed by atoms with Gasteiger partial charge in [-0.2, -0.15) is 11.8 Å². The van der Waals surface area contributed by atoms with Gasteiger partial charge in [0.15, 0.2) is 0 Å². The molecule has 1 aliphatic heterocycles. The van der Waals surface area contributed by atoms with Gasteiger partial charge in [0.05, 0.1) is 0 Å². The lowest BCUT2D eigenvalue weighted by Crippen LogP contribution is -2.32. The zero-order chi connectivity index (χ0) is 15.6. The van der Waals surface area contributed by atoms with E-state index in [1.54, 1.807) is 0 Å². The second-order valence-corrected chi connectivity index (χ2v) is 8.03. The smallest absolute Gasteiger partial charge is 0.253 e. The molecule has 4 rings (SSSR count). The van der Waals surface area contributed by atoms with Gasteiger partial charge in [0, 0.05) is 51.6 Å². The highest BCUT2D eigenvalue weighted by atomic mass is 32.2. The van der Waals surface area contributed by atoms with E-state index in [0.717, 1.165) is 41.7 Å². The molecular weight excluding hydrogens is 324 g/mol. The summed E-state index contributed by atoms with van der Waals surface area (Å²) in [5.74, 6) is 1.15. The Hall–Kier alpha value is -1.72. The fourth-order valence-corrected chi connectivity index (χ4v) is 5.28. The van der Waals surface area contributed by atoms with Crippen LogP contribution in [0.4, 0.5) is 0 Å². The van der Waals surface area contributed by atoms with Gasteiger partial charge in [0.2, 0.25) is 0 Å². The Kier molecular flexibility index (Phi) is 4.14. The molecule has 1 amide bonds. The Morgan fingerprint density at radius 1 is 1.22 bits per heavy atom. The van der Waals surface area contributed by atoms with E-state index in [2.05, 4.69) is 22.5 Å². The molecule has 5 heteroatoms. The van der Waals surface area contributed by atoms with Gasteiger partial charge in [-0.3, -0.25) is 4.79 Å². The summed E-state index contributed by atoms with van der Waals surface area (Å²) in [4.78, 5) is 19.4. The Balaban J connectivity index is 1.50. The van der Waals surface area contributed by atoms with Crippen molar-refractivity contribution >= 4 is 39.9 Å². The fourth-order valence-electron chi connectivity index (χ4n) is 3.04. The molecular formula is C18H18N2OS2. The molecule has 1 saturated heterocycles. The van der Waals surface area contributed by atoms with Crippen molar-refractivity contribution in [2.45, 2.75) is 11.7 Å². The van der Waals surface area contributed by atoms with Crippen LogP contribution < -0.4 is 0 Å². The van der Waals surface area contributed by atoms with Crippen LogP contribution in [0.3, 0.4) is 0 Å². The van der Waals surface area contributed by atoms with E-state index in [9.17, 15) is 4.79 Å². The maximum absolute atomic E-state index is 12.8. The van der Waals surface area contributed by atoms with E-state index >= 15 is 0 Å². The minimum Gasteiger partial charge on any atom is -0.361 e. The number of nitrogens with one attached hydrogen (secondary N) is 1. The van der Waals surface area contributed by atoms with E-state index in [1.807, 2.05) is 58.5 Å². The summed E-state index contributed by atoms with van der Waals surface area (Å²) in [5.41, 5.74) is 1.86. The highest BCUT2D eigenvalue weighted by molar-refractivity contribution is 7.99. The van der Waals surface area contributed by atoms with Crippen LogP contribution in [-0.4, -0.2) is 34.6 Å². The molecule has 1 aromatic carbocycles. The first-order valence-corrected chi connectivity index (χ1v) is 9.75. The zero-order valence-corrected chi connectivity index (χ0v) is 14.3. The van der Waals surface area contributed by atoms with Crippen molar-refractivity contribution in [3.05, 3.63) is 58.4 Å². The van der Waals surface area contributed by atoms with E-state index in [4.69, 9.17) is 0 Å². The van der Waals surface area contributed by atoms with Gasteiger partial charge in [-0.05, 0) is 42.1 Å². The molecule has 0 radical (unpaired) electrons. The third-order valence-electron chi connectivity index (χ3n) is 4.29. The SMILES string of the molecule is O=C(c1ccc2[nH]ccc2c1)N1CCS[C@@H](c2cccs2)CC1. The van der Waals surface area contributed by atoms with Crippen molar-refractivity contribution in [3.8, 4) is 0 Å². The number of carbonyl (C=O) groups excluding carboxylic acids is 1. The molecule has 23 heavy (non-hydrogen) atoms. The Morgan fingerprint density at radius 3 is 3.04 bits per heavy atom. The lowest BCUT2D eigenvalue weighted by molar-refractivity contribution is 0.0767. The molecule has 0 saturated carbocycles. The van der Waals surface area contributed by atoms with Crippen LogP contribution in [0.25, 0.3) is 10.9 Å². The van der Waals surface area contributed by atoms with Gasteiger partial charge in [0.25, 0.3) is 5.91 Å². The third-order valence-corrected chi connectivity index (χ3v) is 6.73. The summed E-state index contributed by atoms with van der Waals surface area (Å²) < 4.78 is 0. The van der Waals surface area contributed by atoms with E-state index in [1.165, 1.54) is 4.88 Å². The van der Waals surface area contributed by atoms with Crippen molar-refractivity contribution in [1.82, 2.24) is 9.88 Å². The van der Waals surface area contributed by atoms with Crippen molar-refractivity contribution in [3.63, 3.8) is 0 Å². The van der Waals surface area contributed by atoms with E-state index in [-0.39, 0.29) is 5.91 Å². The van der Waals surface area contributed by atoms with Gasteiger partial charge in [-0.15, -0.1) is 11.3 Å². The molecule has 0 bridgehead atoms. The molecule has 118 valence electrons. The standard InChI is InChI=1S/C18H18N2OS2/c21-18(14-3-4-15-13(12-14)5-7-19-15)20-8-6-17(23-11-9-20)16-2-1-10-22-16/h1-5,7,10,12,17,19H,6,8-9,11H2/t17-/m1/s1. The molecule has 3 aromatic rings. The monoisotopic (exact) mass is 342 g/mol. The zero-order valence-electron chi connectivity index (χ0n) is 12.7. The first kappa shape index (κ1) is 14.8.